The molecule has 0 aromatic heterocycles. The molecule has 1 aliphatic heterocycles. The first-order valence-corrected chi connectivity index (χ1v) is 8.00. The number of nitro groups is 1. The third-order valence-corrected chi connectivity index (χ3v) is 4.27. The summed E-state index contributed by atoms with van der Waals surface area (Å²) in [5, 5.41) is 14.4. The number of non-ortho nitro benzene ring substituents is 1. The van der Waals surface area contributed by atoms with Crippen LogP contribution in [-0.2, 0) is 4.79 Å². The van der Waals surface area contributed by atoms with E-state index < -0.39 is 4.92 Å². The van der Waals surface area contributed by atoms with Crippen LogP contribution in [0.2, 0.25) is 5.02 Å². The van der Waals surface area contributed by atoms with Crippen LogP contribution in [0.4, 0.5) is 11.4 Å². The first kappa shape index (κ1) is 16.2. The lowest BCUT2D eigenvalue weighted by Gasteiger charge is -1.96. The van der Waals surface area contributed by atoms with Crippen LogP contribution in [0.1, 0.15) is 5.56 Å². The van der Waals surface area contributed by atoms with Crippen molar-refractivity contribution in [3.8, 4) is 0 Å². The van der Waals surface area contributed by atoms with Gasteiger partial charge in [-0.2, -0.15) is 0 Å². The number of nitrogens with one attached hydrogen (secondary N) is 1. The van der Waals surface area contributed by atoms with Gasteiger partial charge in [-0.1, -0.05) is 11.6 Å². The van der Waals surface area contributed by atoms with Gasteiger partial charge in [-0.15, -0.1) is 0 Å². The predicted molar refractivity (Wildman–Crippen MR) is 95.4 cm³/mol. The van der Waals surface area contributed by atoms with Crippen LogP contribution in [-0.4, -0.2) is 16.0 Å². The smallest absolute Gasteiger partial charge is 0.269 e. The van der Waals surface area contributed by atoms with E-state index in [4.69, 9.17) is 11.6 Å². The number of hydrogen-bond donors (Lipinski definition) is 1. The molecule has 1 N–H and O–H groups in total. The van der Waals surface area contributed by atoms with Crippen molar-refractivity contribution in [2.45, 2.75) is 0 Å². The summed E-state index contributed by atoms with van der Waals surface area (Å²) in [7, 11) is 0. The van der Waals surface area contributed by atoms with Crippen LogP contribution in [0.25, 0.3) is 6.08 Å². The molecule has 24 heavy (non-hydrogen) atoms. The number of carbonyl (C=O) groups excluding carboxylic acids is 1. The Morgan fingerprint density at radius 3 is 2.42 bits per heavy atom. The van der Waals surface area contributed by atoms with Gasteiger partial charge in [0, 0.05) is 17.2 Å². The number of rotatable bonds is 3. The van der Waals surface area contributed by atoms with E-state index in [0.717, 1.165) is 0 Å². The first-order valence-electron chi connectivity index (χ1n) is 6.81. The molecule has 8 heteroatoms. The summed E-state index contributed by atoms with van der Waals surface area (Å²) in [5.74, 6) is -0.258. The summed E-state index contributed by atoms with van der Waals surface area (Å²) in [6.45, 7) is 0. The number of carbonyl (C=O) groups is 1. The summed E-state index contributed by atoms with van der Waals surface area (Å²) < 4.78 is 0. The molecule has 3 rings (SSSR count). The Bertz CT molecular complexity index is 861. The molecule has 0 saturated carbocycles. The highest BCUT2D eigenvalue weighted by Gasteiger charge is 2.23. The molecule has 2 aromatic carbocycles. The van der Waals surface area contributed by atoms with Crippen LogP contribution < -0.4 is 5.32 Å². The van der Waals surface area contributed by atoms with Crippen LogP contribution in [0.15, 0.2) is 58.4 Å². The lowest BCUT2D eigenvalue weighted by atomic mass is 10.2. The maximum Gasteiger partial charge on any atom is 0.269 e. The summed E-state index contributed by atoms with van der Waals surface area (Å²) in [5.41, 5.74) is 1.38. The van der Waals surface area contributed by atoms with Gasteiger partial charge in [0.15, 0.2) is 5.17 Å². The molecule has 0 bridgehead atoms. The lowest BCUT2D eigenvalue weighted by molar-refractivity contribution is -0.384. The van der Waals surface area contributed by atoms with Crippen molar-refractivity contribution in [2.24, 2.45) is 4.99 Å². The van der Waals surface area contributed by atoms with E-state index in [1.165, 1.54) is 23.9 Å². The molecular formula is C16H10ClN3O3S. The number of halogens is 1. The maximum absolute atomic E-state index is 12.0. The Morgan fingerprint density at radius 1 is 1.12 bits per heavy atom. The molecule has 0 spiro atoms. The SMILES string of the molecule is O=C1NC(=Nc2ccc(Cl)cc2)S/C1=C\c1ccc([N+](=O)[O-])cc1. The zero-order valence-electron chi connectivity index (χ0n) is 12.1. The molecule has 0 aliphatic carbocycles. The molecule has 1 aliphatic rings. The monoisotopic (exact) mass is 359 g/mol. The van der Waals surface area contributed by atoms with Crippen molar-refractivity contribution in [2.75, 3.05) is 0 Å². The van der Waals surface area contributed by atoms with Crippen molar-refractivity contribution >= 4 is 51.9 Å². The van der Waals surface area contributed by atoms with Crippen LogP contribution in [0.3, 0.4) is 0 Å². The molecule has 1 saturated heterocycles. The van der Waals surface area contributed by atoms with Crippen LogP contribution >= 0.6 is 23.4 Å². The molecule has 1 heterocycles. The number of nitro benzene ring substituents is 1. The van der Waals surface area contributed by atoms with Gasteiger partial charge in [-0.3, -0.25) is 14.9 Å². The average Bonchev–Trinajstić information content (AvgIpc) is 2.89. The van der Waals surface area contributed by atoms with E-state index in [2.05, 4.69) is 10.3 Å². The van der Waals surface area contributed by atoms with E-state index >= 15 is 0 Å². The number of hydrogen-bond acceptors (Lipinski definition) is 5. The Kier molecular flexibility index (Phi) is 4.64. The molecule has 0 radical (unpaired) electrons. The van der Waals surface area contributed by atoms with E-state index in [-0.39, 0.29) is 11.6 Å². The highest BCUT2D eigenvalue weighted by atomic mass is 35.5. The van der Waals surface area contributed by atoms with E-state index in [9.17, 15) is 14.9 Å². The zero-order chi connectivity index (χ0) is 17.1. The molecular weight excluding hydrogens is 350 g/mol. The van der Waals surface area contributed by atoms with Gasteiger partial charge in [-0.05, 0) is 59.8 Å². The van der Waals surface area contributed by atoms with Gasteiger partial charge in [0.05, 0.1) is 15.5 Å². The lowest BCUT2D eigenvalue weighted by Crippen LogP contribution is -2.19. The second-order valence-electron chi connectivity index (χ2n) is 4.81. The van der Waals surface area contributed by atoms with Crippen molar-refractivity contribution in [3.05, 3.63) is 74.1 Å². The average molecular weight is 360 g/mol. The number of amidine groups is 1. The Morgan fingerprint density at radius 2 is 1.79 bits per heavy atom. The van der Waals surface area contributed by atoms with Crippen molar-refractivity contribution in [1.82, 2.24) is 5.32 Å². The van der Waals surface area contributed by atoms with Gasteiger partial charge < -0.3 is 5.32 Å². The predicted octanol–water partition coefficient (Wildman–Crippen LogP) is 4.14. The second-order valence-corrected chi connectivity index (χ2v) is 6.27. The minimum atomic E-state index is -0.467. The minimum absolute atomic E-state index is 0.00525. The molecule has 0 atom stereocenters. The number of thioether (sulfide) groups is 1. The highest BCUT2D eigenvalue weighted by Crippen LogP contribution is 2.28. The fourth-order valence-electron chi connectivity index (χ4n) is 1.96. The van der Waals surface area contributed by atoms with Gasteiger partial charge in [0.2, 0.25) is 0 Å². The fourth-order valence-corrected chi connectivity index (χ4v) is 2.92. The van der Waals surface area contributed by atoms with Gasteiger partial charge >= 0.3 is 0 Å². The van der Waals surface area contributed by atoms with E-state index in [1.807, 2.05) is 0 Å². The third-order valence-electron chi connectivity index (χ3n) is 3.11. The molecule has 6 nitrogen and oxygen atoms in total. The number of amides is 1. The zero-order valence-corrected chi connectivity index (χ0v) is 13.7. The summed E-state index contributed by atoms with van der Waals surface area (Å²) in [4.78, 5) is 27.0. The van der Waals surface area contributed by atoms with Gasteiger partial charge in [0.1, 0.15) is 0 Å². The number of benzene rings is 2. The van der Waals surface area contributed by atoms with Crippen molar-refractivity contribution in [3.63, 3.8) is 0 Å². The Hall–Kier alpha value is -2.64. The fraction of sp³-hybridized carbons (Fsp3) is 0. The summed E-state index contributed by atoms with van der Waals surface area (Å²) in [6.07, 6.45) is 1.66. The minimum Gasteiger partial charge on any atom is -0.300 e. The largest absolute Gasteiger partial charge is 0.300 e. The molecule has 0 unspecified atom stereocenters. The standard InChI is InChI=1S/C16H10ClN3O3S/c17-11-3-5-12(6-4-11)18-16-19-15(21)14(24-16)9-10-1-7-13(8-2-10)20(22)23/h1-9H,(H,18,19,21)/b14-9-. The Labute approximate surface area is 146 Å². The first-order chi connectivity index (χ1) is 11.5. The van der Waals surface area contributed by atoms with Crippen LogP contribution in [0, 0.1) is 10.1 Å². The van der Waals surface area contributed by atoms with Gasteiger partial charge in [0.25, 0.3) is 11.6 Å². The van der Waals surface area contributed by atoms with E-state index in [0.29, 0.717) is 26.3 Å². The highest BCUT2D eigenvalue weighted by molar-refractivity contribution is 8.18. The van der Waals surface area contributed by atoms with E-state index in [1.54, 1.807) is 42.5 Å². The summed E-state index contributed by atoms with van der Waals surface area (Å²) in [6, 6.07) is 12.9. The summed E-state index contributed by atoms with van der Waals surface area (Å²) >= 11 is 7.03. The van der Waals surface area contributed by atoms with Gasteiger partial charge in [-0.25, -0.2) is 4.99 Å². The van der Waals surface area contributed by atoms with Crippen LogP contribution in [0.5, 0.6) is 0 Å². The molecule has 1 amide bonds. The van der Waals surface area contributed by atoms with Crippen molar-refractivity contribution in [1.29, 1.82) is 0 Å². The normalized spacial score (nSPS) is 17.3. The Balaban J connectivity index is 1.79. The number of aliphatic imine (C=N–C) groups is 1. The maximum atomic E-state index is 12.0. The quantitative estimate of drug-likeness (QED) is 0.507. The second kappa shape index (κ2) is 6.86. The third kappa shape index (κ3) is 3.81. The molecule has 1 fully saturated rings. The van der Waals surface area contributed by atoms with Crippen molar-refractivity contribution < 1.29 is 9.72 Å². The molecule has 120 valence electrons. The molecule has 2 aromatic rings. The number of nitrogens with zero attached hydrogens (tertiary/aromatic N) is 2. The topological polar surface area (TPSA) is 84.6 Å².